The SMILES string of the molecule is Cc1ccccc1C(=O)NCc1ccccc1S(=O)(=O)N1CCOCC1. The number of ether oxygens (including phenoxy) is 1. The van der Waals surface area contributed by atoms with E-state index in [1.807, 2.05) is 19.1 Å². The predicted octanol–water partition coefficient (Wildman–Crippen LogP) is 1.95. The zero-order valence-corrected chi connectivity index (χ0v) is 15.5. The minimum absolute atomic E-state index is 0.146. The van der Waals surface area contributed by atoms with Crippen molar-refractivity contribution in [3.63, 3.8) is 0 Å². The average Bonchev–Trinajstić information content (AvgIpc) is 2.67. The zero-order valence-electron chi connectivity index (χ0n) is 14.6. The first-order valence-electron chi connectivity index (χ1n) is 8.50. The highest BCUT2D eigenvalue weighted by atomic mass is 32.2. The first kappa shape index (κ1) is 18.6. The van der Waals surface area contributed by atoms with Gasteiger partial charge in [0, 0.05) is 25.2 Å². The van der Waals surface area contributed by atoms with E-state index in [1.165, 1.54) is 4.31 Å². The molecule has 0 aromatic heterocycles. The summed E-state index contributed by atoms with van der Waals surface area (Å²) >= 11 is 0. The molecule has 6 nitrogen and oxygen atoms in total. The van der Waals surface area contributed by atoms with Gasteiger partial charge in [0.05, 0.1) is 18.1 Å². The molecule has 0 aliphatic carbocycles. The van der Waals surface area contributed by atoms with Gasteiger partial charge in [-0.3, -0.25) is 4.79 Å². The molecule has 2 aromatic rings. The Morgan fingerprint density at radius 1 is 1.08 bits per heavy atom. The quantitative estimate of drug-likeness (QED) is 0.868. The third-order valence-corrected chi connectivity index (χ3v) is 6.39. The Morgan fingerprint density at radius 2 is 1.73 bits per heavy atom. The van der Waals surface area contributed by atoms with Crippen LogP contribution in [-0.2, 0) is 21.3 Å². The molecule has 1 aliphatic rings. The normalized spacial score (nSPS) is 15.6. The van der Waals surface area contributed by atoms with Gasteiger partial charge in [0.2, 0.25) is 10.0 Å². The maximum Gasteiger partial charge on any atom is 0.251 e. The topological polar surface area (TPSA) is 75.7 Å². The van der Waals surface area contributed by atoms with Crippen molar-refractivity contribution in [1.29, 1.82) is 0 Å². The van der Waals surface area contributed by atoms with Crippen molar-refractivity contribution in [2.45, 2.75) is 18.4 Å². The predicted molar refractivity (Wildman–Crippen MR) is 98.4 cm³/mol. The van der Waals surface area contributed by atoms with Gasteiger partial charge in [0.25, 0.3) is 5.91 Å². The monoisotopic (exact) mass is 374 g/mol. The van der Waals surface area contributed by atoms with E-state index < -0.39 is 10.0 Å². The Bertz CT molecular complexity index is 890. The molecule has 1 aliphatic heterocycles. The summed E-state index contributed by atoms with van der Waals surface area (Å²) in [5, 5.41) is 2.82. The van der Waals surface area contributed by atoms with Crippen LogP contribution in [0.4, 0.5) is 0 Å². The molecule has 2 aromatic carbocycles. The molecule has 0 atom stereocenters. The lowest BCUT2D eigenvalue weighted by Gasteiger charge is -2.27. The van der Waals surface area contributed by atoms with Crippen LogP contribution >= 0.6 is 0 Å². The van der Waals surface area contributed by atoms with Gasteiger partial charge in [-0.15, -0.1) is 0 Å². The van der Waals surface area contributed by atoms with E-state index in [9.17, 15) is 13.2 Å². The third kappa shape index (κ3) is 3.95. The summed E-state index contributed by atoms with van der Waals surface area (Å²) < 4.78 is 32.5. The summed E-state index contributed by atoms with van der Waals surface area (Å²) in [6.07, 6.45) is 0. The maximum absolute atomic E-state index is 12.9. The van der Waals surface area contributed by atoms with Crippen LogP contribution in [0.5, 0.6) is 0 Å². The molecule has 0 bridgehead atoms. The number of carbonyl (C=O) groups excluding carboxylic acids is 1. The molecule has 1 fully saturated rings. The highest BCUT2D eigenvalue weighted by Crippen LogP contribution is 2.21. The first-order chi connectivity index (χ1) is 12.5. The minimum atomic E-state index is -3.61. The number of aryl methyl sites for hydroxylation is 1. The van der Waals surface area contributed by atoms with Gasteiger partial charge < -0.3 is 10.1 Å². The lowest BCUT2D eigenvalue weighted by Crippen LogP contribution is -2.41. The van der Waals surface area contributed by atoms with Crippen LogP contribution in [0.1, 0.15) is 21.5 Å². The number of amides is 1. The van der Waals surface area contributed by atoms with E-state index in [-0.39, 0.29) is 17.3 Å². The van der Waals surface area contributed by atoms with Crippen LogP contribution in [0.15, 0.2) is 53.4 Å². The fourth-order valence-corrected chi connectivity index (χ4v) is 4.56. The Morgan fingerprint density at radius 3 is 2.46 bits per heavy atom. The Kier molecular flexibility index (Phi) is 5.70. The van der Waals surface area contributed by atoms with E-state index in [4.69, 9.17) is 4.74 Å². The lowest BCUT2D eigenvalue weighted by molar-refractivity contribution is 0.0730. The summed E-state index contributed by atoms with van der Waals surface area (Å²) in [6.45, 7) is 3.48. The second kappa shape index (κ2) is 7.99. The van der Waals surface area contributed by atoms with Gasteiger partial charge in [-0.1, -0.05) is 36.4 Å². The van der Waals surface area contributed by atoms with E-state index in [2.05, 4.69) is 5.32 Å². The number of rotatable bonds is 5. The molecule has 1 heterocycles. The molecule has 3 rings (SSSR count). The fourth-order valence-electron chi connectivity index (χ4n) is 2.93. The summed E-state index contributed by atoms with van der Waals surface area (Å²) in [7, 11) is -3.61. The van der Waals surface area contributed by atoms with Crippen LogP contribution in [0, 0.1) is 6.92 Å². The Balaban J connectivity index is 1.79. The van der Waals surface area contributed by atoms with Crippen LogP contribution in [-0.4, -0.2) is 44.9 Å². The number of nitrogens with one attached hydrogen (secondary N) is 1. The molecule has 0 radical (unpaired) electrons. The van der Waals surface area contributed by atoms with Crippen molar-refractivity contribution < 1.29 is 17.9 Å². The second-order valence-electron chi connectivity index (χ2n) is 6.12. The summed E-state index contributed by atoms with van der Waals surface area (Å²) in [5.41, 5.74) is 2.03. The number of hydrogen-bond acceptors (Lipinski definition) is 4. The van der Waals surface area contributed by atoms with Gasteiger partial charge >= 0.3 is 0 Å². The van der Waals surface area contributed by atoms with E-state index in [0.29, 0.717) is 37.4 Å². The molecular formula is C19H22N2O4S. The number of nitrogens with zero attached hydrogens (tertiary/aromatic N) is 1. The van der Waals surface area contributed by atoms with Gasteiger partial charge in [-0.25, -0.2) is 8.42 Å². The van der Waals surface area contributed by atoms with E-state index in [0.717, 1.165) is 5.56 Å². The summed E-state index contributed by atoms with van der Waals surface area (Å²) in [5.74, 6) is -0.221. The van der Waals surface area contributed by atoms with Crippen molar-refractivity contribution >= 4 is 15.9 Å². The van der Waals surface area contributed by atoms with Crippen molar-refractivity contribution in [3.05, 3.63) is 65.2 Å². The maximum atomic E-state index is 12.9. The van der Waals surface area contributed by atoms with Crippen LogP contribution < -0.4 is 5.32 Å². The Labute approximate surface area is 153 Å². The second-order valence-corrected chi connectivity index (χ2v) is 8.03. The van der Waals surface area contributed by atoms with Gasteiger partial charge in [-0.2, -0.15) is 4.31 Å². The van der Waals surface area contributed by atoms with Crippen LogP contribution in [0.25, 0.3) is 0 Å². The number of sulfonamides is 1. The van der Waals surface area contributed by atoms with Gasteiger partial charge in [0.1, 0.15) is 0 Å². The number of morpholine rings is 1. The van der Waals surface area contributed by atoms with Crippen molar-refractivity contribution in [2.24, 2.45) is 0 Å². The standard InChI is InChI=1S/C19H22N2O4S/c1-15-6-2-4-8-17(15)19(22)20-14-16-7-3-5-9-18(16)26(23,24)21-10-12-25-13-11-21/h2-9H,10-14H2,1H3,(H,20,22). The summed E-state index contributed by atoms with van der Waals surface area (Å²) in [4.78, 5) is 12.6. The Hall–Kier alpha value is -2.22. The molecule has 7 heteroatoms. The smallest absolute Gasteiger partial charge is 0.251 e. The highest BCUT2D eigenvalue weighted by Gasteiger charge is 2.28. The van der Waals surface area contributed by atoms with Crippen molar-refractivity contribution in [2.75, 3.05) is 26.3 Å². The molecule has 1 saturated heterocycles. The van der Waals surface area contributed by atoms with Gasteiger partial charge in [0.15, 0.2) is 0 Å². The van der Waals surface area contributed by atoms with Crippen LogP contribution in [0.2, 0.25) is 0 Å². The molecule has 26 heavy (non-hydrogen) atoms. The lowest BCUT2D eigenvalue weighted by atomic mass is 10.1. The zero-order chi connectivity index (χ0) is 18.6. The number of carbonyl (C=O) groups is 1. The fraction of sp³-hybridized carbons (Fsp3) is 0.316. The van der Waals surface area contributed by atoms with Gasteiger partial charge in [-0.05, 0) is 30.2 Å². The minimum Gasteiger partial charge on any atom is -0.379 e. The first-order valence-corrected chi connectivity index (χ1v) is 9.94. The third-order valence-electron chi connectivity index (χ3n) is 4.39. The molecule has 1 N–H and O–H groups in total. The molecule has 138 valence electrons. The van der Waals surface area contributed by atoms with Crippen molar-refractivity contribution in [1.82, 2.24) is 9.62 Å². The molecular weight excluding hydrogens is 352 g/mol. The summed E-state index contributed by atoms with van der Waals surface area (Å²) in [6, 6.07) is 14.1. The molecule has 0 unspecified atom stereocenters. The number of benzene rings is 2. The van der Waals surface area contributed by atoms with Crippen molar-refractivity contribution in [3.8, 4) is 0 Å². The number of hydrogen-bond donors (Lipinski definition) is 1. The van der Waals surface area contributed by atoms with E-state index >= 15 is 0 Å². The van der Waals surface area contributed by atoms with E-state index in [1.54, 1.807) is 36.4 Å². The average molecular weight is 374 g/mol. The van der Waals surface area contributed by atoms with Crippen LogP contribution in [0.3, 0.4) is 0 Å². The molecule has 1 amide bonds. The largest absolute Gasteiger partial charge is 0.379 e. The highest BCUT2D eigenvalue weighted by molar-refractivity contribution is 7.89. The molecule has 0 spiro atoms. The molecule has 0 saturated carbocycles.